The van der Waals surface area contributed by atoms with Crippen molar-refractivity contribution in [1.29, 1.82) is 0 Å². The van der Waals surface area contributed by atoms with E-state index in [-0.39, 0.29) is 12.6 Å². The van der Waals surface area contributed by atoms with E-state index >= 15 is 0 Å². The van der Waals surface area contributed by atoms with Crippen LogP contribution in [0.3, 0.4) is 0 Å². The first-order chi connectivity index (χ1) is 12.6. The third-order valence-corrected chi connectivity index (χ3v) is 6.08. The van der Waals surface area contributed by atoms with Crippen LogP contribution >= 0.6 is 0 Å². The number of halogens is 3. The van der Waals surface area contributed by atoms with Gasteiger partial charge in [-0.15, -0.1) is 0 Å². The fourth-order valence-corrected chi connectivity index (χ4v) is 4.10. The van der Waals surface area contributed by atoms with Crippen molar-refractivity contribution in [2.75, 3.05) is 19.4 Å². The lowest BCUT2D eigenvalue weighted by molar-refractivity contribution is -0.137. The predicted octanol–water partition coefficient (Wildman–Crippen LogP) is 2.29. The molecule has 27 heavy (non-hydrogen) atoms. The third kappa shape index (κ3) is 3.74. The summed E-state index contributed by atoms with van der Waals surface area (Å²) >= 11 is 0. The molecule has 1 atom stereocenters. The summed E-state index contributed by atoms with van der Waals surface area (Å²) in [6, 6.07) is 4.79. The first-order valence-corrected chi connectivity index (χ1v) is 10.3. The number of benzene rings is 1. The van der Waals surface area contributed by atoms with Gasteiger partial charge >= 0.3 is 6.18 Å². The maximum absolute atomic E-state index is 12.8. The van der Waals surface area contributed by atoms with Gasteiger partial charge in [0.25, 0.3) is 0 Å². The summed E-state index contributed by atoms with van der Waals surface area (Å²) in [5.74, 6) is 0. The van der Waals surface area contributed by atoms with Crippen LogP contribution in [0.25, 0.3) is 11.3 Å². The van der Waals surface area contributed by atoms with Crippen molar-refractivity contribution >= 4 is 10.0 Å². The zero-order valence-corrected chi connectivity index (χ0v) is 15.3. The Morgan fingerprint density at radius 2 is 1.93 bits per heavy atom. The number of hydrogen-bond donors (Lipinski definition) is 0. The highest BCUT2D eigenvalue weighted by molar-refractivity contribution is 7.88. The molecule has 0 aliphatic carbocycles. The Balaban J connectivity index is 1.74. The first kappa shape index (κ1) is 18.5. The summed E-state index contributed by atoms with van der Waals surface area (Å²) in [7, 11) is -3.37. The number of fused-ring (bicyclic) bond motifs is 1. The van der Waals surface area contributed by atoms with Crippen LogP contribution in [0, 0.1) is 0 Å². The average molecular weight is 401 g/mol. The number of epoxide rings is 1. The van der Waals surface area contributed by atoms with Crippen molar-refractivity contribution < 1.29 is 26.3 Å². The lowest BCUT2D eigenvalue weighted by Gasteiger charge is -2.25. The summed E-state index contributed by atoms with van der Waals surface area (Å²) in [4.78, 5) is 0. The monoisotopic (exact) mass is 401 g/mol. The quantitative estimate of drug-likeness (QED) is 0.738. The molecule has 6 nitrogen and oxygen atoms in total. The average Bonchev–Trinajstić information content (AvgIpc) is 3.33. The minimum Gasteiger partial charge on any atom is -0.371 e. The topological polar surface area (TPSA) is 67.7 Å². The highest BCUT2D eigenvalue weighted by Crippen LogP contribution is 2.34. The largest absolute Gasteiger partial charge is 0.416 e. The Hall–Kier alpha value is -1.91. The van der Waals surface area contributed by atoms with Gasteiger partial charge in [0, 0.05) is 36.3 Å². The Labute approximate surface area is 154 Å². The normalized spacial score (nSPS) is 20.5. The van der Waals surface area contributed by atoms with Gasteiger partial charge < -0.3 is 4.74 Å². The van der Waals surface area contributed by atoms with Crippen molar-refractivity contribution in [2.45, 2.75) is 31.8 Å². The smallest absolute Gasteiger partial charge is 0.371 e. The van der Waals surface area contributed by atoms with Crippen LogP contribution in [0.5, 0.6) is 0 Å². The van der Waals surface area contributed by atoms with E-state index in [9.17, 15) is 21.6 Å². The molecule has 1 aromatic carbocycles. The van der Waals surface area contributed by atoms with Crippen LogP contribution in [-0.2, 0) is 40.4 Å². The Morgan fingerprint density at radius 3 is 2.48 bits per heavy atom. The molecule has 1 fully saturated rings. The molecule has 0 amide bonds. The number of rotatable bonds is 4. The summed E-state index contributed by atoms with van der Waals surface area (Å²) in [6.45, 7) is 1.73. The third-order valence-electron chi connectivity index (χ3n) is 4.83. The second-order valence-corrected chi connectivity index (χ2v) is 8.82. The maximum atomic E-state index is 12.8. The molecule has 0 N–H and O–H groups in total. The number of ether oxygens (including phenoxy) is 1. The van der Waals surface area contributed by atoms with E-state index in [1.807, 2.05) is 0 Å². The van der Waals surface area contributed by atoms with Crippen LogP contribution in [0.15, 0.2) is 24.3 Å². The maximum Gasteiger partial charge on any atom is 0.416 e. The van der Waals surface area contributed by atoms with E-state index in [0.717, 1.165) is 29.6 Å². The van der Waals surface area contributed by atoms with Crippen molar-refractivity contribution in [3.05, 3.63) is 41.1 Å². The van der Waals surface area contributed by atoms with Gasteiger partial charge in [-0.05, 0) is 12.1 Å². The summed E-state index contributed by atoms with van der Waals surface area (Å²) in [6.07, 6.45) is -2.67. The van der Waals surface area contributed by atoms with Gasteiger partial charge in [0.15, 0.2) is 0 Å². The van der Waals surface area contributed by atoms with E-state index in [1.165, 1.54) is 16.4 Å². The molecule has 2 aromatic rings. The molecule has 4 rings (SSSR count). The Kier molecular flexibility index (Phi) is 4.32. The molecule has 0 radical (unpaired) electrons. The molecule has 2 aliphatic rings. The van der Waals surface area contributed by atoms with Gasteiger partial charge in [0.2, 0.25) is 10.0 Å². The first-order valence-electron chi connectivity index (χ1n) is 8.46. The SMILES string of the molecule is CS(=O)(=O)N1CCc2c(c(-c3ccc(C(F)(F)F)cc3)nn2CC2CO2)C1. The highest BCUT2D eigenvalue weighted by Gasteiger charge is 2.33. The van der Waals surface area contributed by atoms with Crippen LogP contribution in [0.4, 0.5) is 13.2 Å². The van der Waals surface area contributed by atoms with Crippen molar-refractivity contribution in [1.82, 2.24) is 14.1 Å². The summed E-state index contributed by atoms with van der Waals surface area (Å²) in [5, 5.41) is 4.58. The van der Waals surface area contributed by atoms with Crippen molar-refractivity contribution in [3.63, 3.8) is 0 Å². The van der Waals surface area contributed by atoms with E-state index in [0.29, 0.717) is 37.4 Å². The number of aromatic nitrogens is 2. The Bertz CT molecular complexity index is 964. The van der Waals surface area contributed by atoms with Crippen molar-refractivity contribution in [2.24, 2.45) is 0 Å². The van der Waals surface area contributed by atoms with Crippen LogP contribution in [0.1, 0.15) is 16.8 Å². The lowest BCUT2D eigenvalue weighted by Crippen LogP contribution is -2.35. The molecule has 3 heterocycles. The molecular formula is C17H18F3N3O3S. The number of hydrogen-bond acceptors (Lipinski definition) is 4. The molecule has 2 aliphatic heterocycles. The molecule has 0 saturated carbocycles. The Morgan fingerprint density at radius 1 is 1.26 bits per heavy atom. The lowest BCUT2D eigenvalue weighted by atomic mass is 10.0. The van der Waals surface area contributed by atoms with E-state index in [2.05, 4.69) is 5.10 Å². The van der Waals surface area contributed by atoms with Crippen LogP contribution in [0.2, 0.25) is 0 Å². The number of alkyl halides is 3. The molecular weight excluding hydrogens is 383 g/mol. The molecule has 0 bridgehead atoms. The fraction of sp³-hybridized carbons (Fsp3) is 0.471. The minimum absolute atomic E-state index is 0.0855. The van der Waals surface area contributed by atoms with E-state index < -0.39 is 21.8 Å². The second-order valence-electron chi connectivity index (χ2n) is 6.83. The zero-order valence-electron chi connectivity index (χ0n) is 14.5. The van der Waals surface area contributed by atoms with Gasteiger partial charge in [-0.1, -0.05) is 12.1 Å². The molecule has 0 spiro atoms. The summed E-state index contributed by atoms with van der Waals surface area (Å²) in [5.41, 5.74) is 1.98. The van der Waals surface area contributed by atoms with E-state index in [4.69, 9.17) is 4.74 Å². The number of nitrogens with zero attached hydrogens (tertiary/aromatic N) is 3. The standard InChI is InChI=1S/C17H18F3N3O3S/c1-27(24,25)22-7-6-15-14(9-22)16(21-23(15)8-13-10-26-13)11-2-4-12(5-3-11)17(18,19)20/h2-5,13H,6-10H2,1H3. The zero-order chi connectivity index (χ0) is 19.4. The predicted molar refractivity (Wildman–Crippen MR) is 91.4 cm³/mol. The van der Waals surface area contributed by atoms with Gasteiger partial charge in [-0.3, -0.25) is 4.68 Å². The molecule has 1 unspecified atom stereocenters. The molecule has 1 saturated heterocycles. The van der Waals surface area contributed by atoms with Crippen LogP contribution < -0.4 is 0 Å². The van der Waals surface area contributed by atoms with Gasteiger partial charge in [-0.2, -0.15) is 22.6 Å². The fourth-order valence-electron chi connectivity index (χ4n) is 3.32. The highest BCUT2D eigenvalue weighted by atomic mass is 32.2. The minimum atomic E-state index is -4.41. The van der Waals surface area contributed by atoms with Gasteiger partial charge in [0.05, 0.1) is 30.7 Å². The number of sulfonamides is 1. The van der Waals surface area contributed by atoms with Gasteiger partial charge in [-0.25, -0.2) is 8.42 Å². The summed E-state index contributed by atoms with van der Waals surface area (Å²) < 4.78 is 70.8. The van der Waals surface area contributed by atoms with Crippen molar-refractivity contribution in [3.8, 4) is 11.3 Å². The second kappa shape index (κ2) is 6.32. The van der Waals surface area contributed by atoms with Crippen LogP contribution in [-0.4, -0.2) is 48.0 Å². The molecule has 146 valence electrons. The molecule has 1 aromatic heterocycles. The molecule has 10 heteroatoms. The van der Waals surface area contributed by atoms with Gasteiger partial charge in [0.1, 0.15) is 6.10 Å². The van der Waals surface area contributed by atoms with E-state index in [1.54, 1.807) is 4.68 Å².